The summed E-state index contributed by atoms with van der Waals surface area (Å²) in [7, 11) is 0. The third kappa shape index (κ3) is 5.60. The second-order valence-corrected chi connectivity index (χ2v) is 6.75. The number of halogens is 1. The Morgan fingerprint density at radius 1 is 1.08 bits per heavy atom. The third-order valence-corrected chi connectivity index (χ3v) is 4.06. The Bertz CT molecular complexity index is 753. The lowest BCUT2D eigenvalue weighted by Crippen LogP contribution is -2.09. The van der Waals surface area contributed by atoms with Crippen LogP contribution in [0.4, 0.5) is 0 Å². The number of carbonyl (C=O) groups excluding carboxylic acids is 1. The Morgan fingerprint density at radius 3 is 2.28 bits per heavy atom. The summed E-state index contributed by atoms with van der Waals surface area (Å²) in [6.07, 6.45) is 0.962. The number of benzene rings is 2. The molecule has 6 heteroatoms. The van der Waals surface area contributed by atoms with Crippen molar-refractivity contribution < 1.29 is 24.2 Å². The topological polar surface area (TPSA) is 72.8 Å². The molecule has 0 heterocycles. The first-order valence-corrected chi connectivity index (χ1v) is 8.64. The number of carbonyl (C=O) groups is 2. The van der Waals surface area contributed by atoms with Gasteiger partial charge in [0.15, 0.2) is 0 Å². The van der Waals surface area contributed by atoms with Gasteiger partial charge < -0.3 is 14.6 Å². The summed E-state index contributed by atoms with van der Waals surface area (Å²) in [6.45, 7) is 4.89. The molecule has 0 radical (unpaired) electrons. The van der Waals surface area contributed by atoms with Gasteiger partial charge in [-0.1, -0.05) is 13.8 Å². The molecule has 132 valence electrons. The van der Waals surface area contributed by atoms with E-state index in [1.165, 1.54) is 18.2 Å². The van der Waals surface area contributed by atoms with Gasteiger partial charge in [-0.25, -0.2) is 9.59 Å². The van der Waals surface area contributed by atoms with Gasteiger partial charge in [0.25, 0.3) is 0 Å². The van der Waals surface area contributed by atoms with Crippen molar-refractivity contribution in [1.29, 1.82) is 0 Å². The van der Waals surface area contributed by atoms with Gasteiger partial charge in [-0.2, -0.15) is 0 Å². The number of hydrogen-bond donors (Lipinski definition) is 1. The fraction of sp³-hybridized carbons (Fsp3) is 0.263. The van der Waals surface area contributed by atoms with Crippen LogP contribution in [0.25, 0.3) is 0 Å². The molecule has 0 aliphatic heterocycles. The summed E-state index contributed by atoms with van der Waals surface area (Å²) in [5.41, 5.74) is 0.486. The largest absolute Gasteiger partial charge is 0.494 e. The van der Waals surface area contributed by atoms with E-state index in [9.17, 15) is 9.59 Å². The highest BCUT2D eigenvalue weighted by Gasteiger charge is 2.13. The molecular formula is C19H19BrO5. The molecule has 1 N–H and O–H groups in total. The summed E-state index contributed by atoms with van der Waals surface area (Å²) in [6, 6.07) is 10.9. The lowest BCUT2D eigenvalue weighted by atomic mass is 10.1. The zero-order chi connectivity index (χ0) is 18.4. The summed E-state index contributed by atoms with van der Waals surface area (Å²) in [5, 5.41) is 8.94. The van der Waals surface area contributed by atoms with Gasteiger partial charge >= 0.3 is 11.9 Å². The molecule has 0 atom stereocenters. The Labute approximate surface area is 154 Å². The normalized spacial score (nSPS) is 10.6. The minimum absolute atomic E-state index is 0.106. The number of carboxylic acid groups (broad SMARTS) is 1. The van der Waals surface area contributed by atoms with Crippen LogP contribution in [0, 0.1) is 5.92 Å². The van der Waals surface area contributed by atoms with Gasteiger partial charge in [-0.05, 0) is 70.7 Å². The van der Waals surface area contributed by atoms with E-state index in [-0.39, 0.29) is 11.3 Å². The lowest BCUT2D eigenvalue weighted by molar-refractivity contribution is 0.0696. The Hall–Kier alpha value is -2.34. The SMILES string of the molecule is CC(C)CCOc1ccc(C(=O)Oc2ccc(C(=O)O)cc2Br)cc1. The molecule has 2 rings (SSSR count). The van der Waals surface area contributed by atoms with E-state index < -0.39 is 11.9 Å². The molecule has 5 nitrogen and oxygen atoms in total. The summed E-state index contributed by atoms with van der Waals surface area (Å²) in [5.74, 6) is -0.0548. The molecule has 0 saturated heterocycles. The fourth-order valence-corrected chi connectivity index (χ4v) is 2.43. The quantitative estimate of drug-likeness (QED) is 0.528. The van der Waals surface area contributed by atoms with Crippen LogP contribution < -0.4 is 9.47 Å². The van der Waals surface area contributed by atoms with Crippen molar-refractivity contribution >= 4 is 27.9 Å². The van der Waals surface area contributed by atoms with Crippen LogP contribution in [-0.4, -0.2) is 23.7 Å². The van der Waals surface area contributed by atoms with Crippen LogP contribution >= 0.6 is 15.9 Å². The Kier molecular flexibility index (Phi) is 6.58. The van der Waals surface area contributed by atoms with Crippen LogP contribution in [-0.2, 0) is 0 Å². The average molecular weight is 407 g/mol. The number of rotatable bonds is 7. The van der Waals surface area contributed by atoms with Gasteiger partial charge in [0.1, 0.15) is 11.5 Å². The van der Waals surface area contributed by atoms with Crippen LogP contribution in [0.2, 0.25) is 0 Å². The molecule has 0 fully saturated rings. The third-order valence-electron chi connectivity index (χ3n) is 3.44. The Morgan fingerprint density at radius 2 is 1.72 bits per heavy atom. The highest BCUT2D eigenvalue weighted by Crippen LogP contribution is 2.27. The van der Waals surface area contributed by atoms with E-state index in [4.69, 9.17) is 14.6 Å². The Balaban J connectivity index is 2.00. The number of hydrogen-bond acceptors (Lipinski definition) is 4. The number of ether oxygens (including phenoxy) is 2. The maximum atomic E-state index is 12.2. The number of esters is 1. The minimum Gasteiger partial charge on any atom is -0.494 e. The molecule has 0 spiro atoms. The molecule has 0 aromatic heterocycles. The highest BCUT2D eigenvalue weighted by molar-refractivity contribution is 9.10. The second kappa shape index (κ2) is 8.67. The monoisotopic (exact) mass is 406 g/mol. The van der Waals surface area contributed by atoms with Crippen LogP contribution in [0.15, 0.2) is 46.9 Å². The first-order chi connectivity index (χ1) is 11.9. The minimum atomic E-state index is -1.05. The molecule has 0 saturated carbocycles. The van der Waals surface area contributed by atoms with E-state index in [2.05, 4.69) is 29.8 Å². The fourth-order valence-electron chi connectivity index (χ4n) is 1.98. The predicted molar refractivity (Wildman–Crippen MR) is 97.5 cm³/mol. The van der Waals surface area contributed by atoms with Gasteiger partial charge in [-0.3, -0.25) is 0 Å². The van der Waals surface area contributed by atoms with E-state index in [0.717, 1.165) is 6.42 Å². The van der Waals surface area contributed by atoms with Gasteiger partial charge in [0.2, 0.25) is 0 Å². The second-order valence-electron chi connectivity index (χ2n) is 5.90. The van der Waals surface area contributed by atoms with Gasteiger partial charge in [0, 0.05) is 0 Å². The molecule has 0 amide bonds. The van der Waals surface area contributed by atoms with Crippen molar-refractivity contribution in [1.82, 2.24) is 0 Å². The maximum absolute atomic E-state index is 12.2. The molecule has 2 aromatic carbocycles. The maximum Gasteiger partial charge on any atom is 0.343 e. The van der Waals surface area contributed by atoms with E-state index in [1.54, 1.807) is 24.3 Å². The van der Waals surface area contributed by atoms with Crippen molar-refractivity contribution in [2.75, 3.05) is 6.61 Å². The average Bonchev–Trinajstić information content (AvgIpc) is 2.56. The van der Waals surface area contributed by atoms with E-state index in [0.29, 0.717) is 28.3 Å². The smallest absolute Gasteiger partial charge is 0.343 e. The zero-order valence-electron chi connectivity index (χ0n) is 14.0. The first-order valence-electron chi connectivity index (χ1n) is 7.84. The summed E-state index contributed by atoms with van der Waals surface area (Å²) in [4.78, 5) is 23.1. The summed E-state index contributed by atoms with van der Waals surface area (Å²) >= 11 is 3.21. The standard InChI is InChI=1S/C19H19BrO5/c1-12(2)9-10-24-15-6-3-13(4-7-15)19(23)25-17-8-5-14(18(21)22)11-16(17)20/h3-8,11-12H,9-10H2,1-2H3,(H,21,22). The van der Waals surface area contributed by atoms with E-state index in [1.807, 2.05) is 0 Å². The zero-order valence-corrected chi connectivity index (χ0v) is 15.6. The molecule has 25 heavy (non-hydrogen) atoms. The first kappa shape index (κ1) is 19.0. The van der Waals surface area contributed by atoms with Gasteiger partial charge in [-0.15, -0.1) is 0 Å². The summed E-state index contributed by atoms with van der Waals surface area (Å²) < 4.78 is 11.3. The van der Waals surface area contributed by atoms with Crippen LogP contribution in [0.5, 0.6) is 11.5 Å². The molecule has 0 aliphatic rings. The molecule has 0 aliphatic carbocycles. The molecule has 0 unspecified atom stereocenters. The van der Waals surface area contributed by atoms with Crippen molar-refractivity contribution in [2.45, 2.75) is 20.3 Å². The number of aromatic carboxylic acids is 1. The predicted octanol–water partition coefficient (Wildman–Crippen LogP) is 4.79. The van der Waals surface area contributed by atoms with Crippen molar-refractivity contribution in [3.8, 4) is 11.5 Å². The number of carboxylic acids is 1. The van der Waals surface area contributed by atoms with Crippen molar-refractivity contribution in [3.63, 3.8) is 0 Å². The van der Waals surface area contributed by atoms with Crippen molar-refractivity contribution in [3.05, 3.63) is 58.1 Å². The van der Waals surface area contributed by atoms with E-state index >= 15 is 0 Å². The molecule has 2 aromatic rings. The van der Waals surface area contributed by atoms with Crippen molar-refractivity contribution in [2.24, 2.45) is 5.92 Å². The highest BCUT2D eigenvalue weighted by atomic mass is 79.9. The molecular weight excluding hydrogens is 388 g/mol. The van der Waals surface area contributed by atoms with Crippen LogP contribution in [0.1, 0.15) is 41.0 Å². The van der Waals surface area contributed by atoms with Gasteiger partial charge in [0.05, 0.1) is 22.2 Å². The van der Waals surface area contributed by atoms with Crippen LogP contribution in [0.3, 0.4) is 0 Å². The lowest BCUT2D eigenvalue weighted by Gasteiger charge is -2.09. The molecule has 0 bridgehead atoms.